The van der Waals surface area contributed by atoms with Gasteiger partial charge in [0, 0.05) is 118 Å². The highest BCUT2D eigenvalue weighted by molar-refractivity contribution is 7.99. The predicted octanol–water partition coefficient (Wildman–Crippen LogP) is 13.3. The van der Waals surface area contributed by atoms with Crippen LogP contribution in [0.25, 0.3) is 16.0 Å². The zero-order valence-corrected chi connectivity index (χ0v) is 65.0. The third-order valence-corrected chi connectivity index (χ3v) is 25.7. The molecule has 0 bridgehead atoms. The number of thioether (sulfide) groups is 1. The Balaban J connectivity index is 0.671. The highest BCUT2D eigenvalue weighted by Crippen LogP contribution is 2.44. The van der Waals surface area contributed by atoms with Crippen LogP contribution in [-0.4, -0.2) is 184 Å². The minimum Gasteiger partial charge on any atom is -0.391 e. The Morgan fingerprint density at radius 1 is 0.771 bits per heavy atom. The van der Waals surface area contributed by atoms with Gasteiger partial charge in [-0.25, -0.2) is 26.5 Å². The minimum absolute atomic E-state index is 0.0226. The van der Waals surface area contributed by atoms with E-state index >= 15 is 0 Å². The molecule has 1 aromatic heterocycles. The van der Waals surface area contributed by atoms with Crippen LogP contribution in [0.3, 0.4) is 0 Å². The Morgan fingerprint density at radius 2 is 1.41 bits per heavy atom. The average molecular weight is 1540 g/mol. The number of rotatable bonds is 30. The van der Waals surface area contributed by atoms with Gasteiger partial charge in [-0.3, -0.25) is 24.1 Å². The average Bonchev–Trinajstić information content (AvgIpc) is 0.922. The second-order valence-electron chi connectivity index (χ2n) is 30.1. The van der Waals surface area contributed by atoms with Gasteiger partial charge in [-0.1, -0.05) is 126 Å². The number of nitrogens with zero attached hydrogens (tertiary/aromatic N) is 6. The van der Waals surface area contributed by atoms with E-state index in [1.807, 2.05) is 112 Å². The third kappa shape index (κ3) is 21.7. The predicted molar refractivity (Wildman–Crippen MR) is 412 cm³/mol. The van der Waals surface area contributed by atoms with E-state index < -0.39 is 82.3 Å². The number of piperazine rings is 2. The van der Waals surface area contributed by atoms with Crippen LogP contribution in [0.4, 0.5) is 24.5 Å². The maximum absolute atomic E-state index is 14.6. The first-order chi connectivity index (χ1) is 49.8. The summed E-state index contributed by atoms with van der Waals surface area (Å²) >= 11 is 9.23. The number of allylic oxidation sites excluding steroid dienone is 1. The van der Waals surface area contributed by atoms with Crippen LogP contribution >= 0.6 is 34.7 Å². The van der Waals surface area contributed by atoms with Gasteiger partial charge >= 0.3 is 5.51 Å². The number of unbranched alkanes of at least 4 members (excludes halogenated alkanes) is 4. The number of aryl methyl sites for hydroxylation is 1. The number of hydrogen-bond acceptors (Lipinski definition) is 17. The minimum atomic E-state index is -6.14. The number of benzene rings is 5. The van der Waals surface area contributed by atoms with E-state index in [0.717, 1.165) is 142 Å². The van der Waals surface area contributed by atoms with E-state index in [2.05, 4.69) is 66.5 Å². The molecule has 2 unspecified atom stereocenters. The number of aromatic nitrogens is 1. The van der Waals surface area contributed by atoms with E-state index in [0.29, 0.717) is 49.3 Å². The smallest absolute Gasteiger partial charge is 0.391 e. The van der Waals surface area contributed by atoms with Gasteiger partial charge < -0.3 is 40.7 Å². The number of likely N-dealkylation sites (tertiary alicyclic amines) is 1. The lowest BCUT2D eigenvalue weighted by molar-refractivity contribution is -0.144. The number of sulfonamides is 1. The number of β-amino-alcohol motifs (C(OH)–C–C–N with tert-alkyl or cyclic N) is 1. The van der Waals surface area contributed by atoms with Crippen LogP contribution in [0.1, 0.15) is 145 Å². The number of carbonyl (C=O) groups is 4. The van der Waals surface area contributed by atoms with Crippen LogP contribution < -0.4 is 25.6 Å². The summed E-state index contributed by atoms with van der Waals surface area (Å²) in [7, 11) is -11.1. The molecule has 5 N–H and O–H groups in total. The molecule has 10 rings (SSSR count). The number of amides is 4. The number of aliphatic hydroxyl groups excluding tert-OH is 1. The molecule has 568 valence electrons. The monoisotopic (exact) mass is 1540 g/mol. The molecule has 4 aliphatic rings. The number of carbonyl (C=O) groups excluding carboxylic acids is 4. The van der Waals surface area contributed by atoms with Gasteiger partial charge in [0.05, 0.1) is 38.8 Å². The molecule has 105 heavy (non-hydrogen) atoms. The fourth-order valence-electron chi connectivity index (χ4n) is 14.3. The first-order valence-electron chi connectivity index (χ1n) is 36.4. The maximum Gasteiger partial charge on any atom is 0.501 e. The molecule has 3 saturated heterocycles. The van der Waals surface area contributed by atoms with E-state index in [1.54, 1.807) is 23.5 Å². The number of nitrogens with one attached hydrogen (secondary N) is 4. The number of thiazole rings is 1. The van der Waals surface area contributed by atoms with Crippen LogP contribution in [0, 0.1) is 17.8 Å². The zero-order chi connectivity index (χ0) is 75.4. The van der Waals surface area contributed by atoms with E-state index in [9.17, 15) is 54.3 Å². The number of anilines is 2. The molecule has 3 aliphatic heterocycles. The molecule has 4 amide bonds. The van der Waals surface area contributed by atoms with E-state index in [4.69, 9.17) is 11.6 Å². The van der Waals surface area contributed by atoms with Gasteiger partial charge in [0.25, 0.3) is 25.8 Å². The summed E-state index contributed by atoms with van der Waals surface area (Å²) in [6, 6.07) is 31.4. The summed E-state index contributed by atoms with van der Waals surface area (Å²) in [6.07, 6.45) is 7.16. The Labute approximate surface area is 630 Å². The SMILES string of the molecule is Cc1ncsc1-c1ccc([C@H](C)NC(=O)[C@@H]2C[C@@H](O)CN2C(=O)C(NC(=O)CCCCCCCN2CCN(CCC(CSc3ccccc3)Nc3ccc(S(=O)(=O)NC(=O)c4ccc(N5CCN(CC6=C(c7ccc(Cl)cc7)CCC(C)(C)C6)CC5)cc4)cc3S(=O)(=O)C(F)(F)F)CC2)C(C)(C)C)cc1. The van der Waals surface area contributed by atoms with E-state index in [1.165, 1.54) is 45.5 Å². The molecule has 4 heterocycles. The van der Waals surface area contributed by atoms with E-state index in [-0.39, 0.29) is 48.2 Å². The Bertz CT molecular complexity index is 4220. The molecule has 6 aromatic rings. The van der Waals surface area contributed by atoms with Crippen LogP contribution in [-0.2, 0) is 34.2 Å². The zero-order valence-electron chi connectivity index (χ0n) is 61.0. The first-order valence-corrected chi connectivity index (χ1v) is 41.6. The maximum atomic E-state index is 14.6. The molecular weight excluding hydrogens is 1440 g/mol. The molecular formula is C78H100ClF3N10O9S4. The molecule has 5 atom stereocenters. The van der Waals surface area contributed by atoms with Crippen LogP contribution in [0.15, 0.2) is 147 Å². The van der Waals surface area contributed by atoms with Crippen LogP contribution in [0.2, 0.25) is 5.02 Å². The summed E-state index contributed by atoms with van der Waals surface area (Å²) < 4.78 is 100. The standard InChI is InChI=1S/C78H100ClF3N10O9S4/c1-53(55-19-21-57(22-20-55)71-54(2)83-52-103-71)84-74(96)68-46-63(93)50-92(68)75(97)72(76(3,4)5)86-70(94)18-14-9-8-10-15-36-88-38-40-89(41-39-88)37-34-61(51-102-64-16-12-11-13-17-64)85-67-32-31-65(47-69(67)104(98,99)78(80,81)82)105(100,101)87-73(95)58-25-29-62(30-26-58)91-44-42-90(43-45-91)49-59-48-77(6,7)35-33-66(59)56-23-27-60(79)28-24-56/h11-13,16-17,19-32,47,52-53,61,63,68,72,85,93H,8-10,14-15,18,33-46,48-51H2,1-7H3,(H,84,96)(H,86,94)(H,87,95)/t53-,61?,63+,68-,72?/m0/s1. The van der Waals surface area contributed by atoms with Crippen molar-refractivity contribution in [3.8, 4) is 10.4 Å². The molecule has 1 aliphatic carbocycles. The van der Waals surface area contributed by atoms with Gasteiger partial charge in [-0.05, 0) is 159 Å². The molecule has 27 heteroatoms. The summed E-state index contributed by atoms with van der Waals surface area (Å²) in [4.78, 5) is 70.0. The van der Waals surface area contributed by atoms with Crippen molar-refractivity contribution in [3.63, 3.8) is 0 Å². The fourth-order valence-corrected chi connectivity index (χ4v) is 18.3. The Morgan fingerprint density at radius 3 is 2.06 bits per heavy atom. The lowest BCUT2D eigenvalue weighted by Crippen LogP contribution is -2.57. The summed E-state index contributed by atoms with van der Waals surface area (Å²) in [5.41, 5.74) is 2.79. The van der Waals surface area contributed by atoms with Crippen molar-refractivity contribution in [3.05, 3.63) is 160 Å². The third-order valence-electron chi connectivity index (χ3n) is 20.5. The Hall–Kier alpha value is -6.88. The van der Waals surface area contributed by atoms with Crippen LogP contribution in [0.5, 0.6) is 0 Å². The molecule has 0 radical (unpaired) electrons. The normalized spacial score (nSPS) is 18.9. The van der Waals surface area contributed by atoms with Crippen molar-refractivity contribution >= 4 is 95.1 Å². The second kappa shape index (κ2) is 35.4. The topological polar surface area (TPSA) is 234 Å². The van der Waals surface area contributed by atoms with Crippen molar-refractivity contribution < 1.29 is 54.3 Å². The molecule has 3 fully saturated rings. The number of halogens is 4. The first kappa shape index (κ1) is 80.7. The van der Waals surface area contributed by atoms with Crippen molar-refractivity contribution in [1.29, 1.82) is 0 Å². The van der Waals surface area contributed by atoms with Crippen molar-refractivity contribution in [2.24, 2.45) is 10.8 Å². The molecule has 0 saturated carbocycles. The Kier molecular flexibility index (Phi) is 27.2. The summed E-state index contributed by atoms with van der Waals surface area (Å²) in [5, 5.41) is 20.5. The van der Waals surface area contributed by atoms with Crippen molar-refractivity contribution in [2.75, 3.05) is 94.5 Å². The summed E-state index contributed by atoms with van der Waals surface area (Å²) in [5.74, 6) is -1.77. The quantitative estimate of drug-likeness (QED) is 0.0208. The molecule has 0 spiro atoms. The second-order valence-corrected chi connectivity index (χ2v) is 36.1. The van der Waals surface area contributed by atoms with Crippen molar-refractivity contribution in [1.82, 2.24) is 39.9 Å². The van der Waals surface area contributed by atoms with Gasteiger partial charge in [0.2, 0.25) is 17.7 Å². The number of sulfone groups is 1. The highest BCUT2D eigenvalue weighted by Gasteiger charge is 2.49. The van der Waals surface area contributed by atoms with Gasteiger partial charge in [0.1, 0.15) is 17.0 Å². The molecule has 19 nitrogen and oxygen atoms in total. The molecule has 5 aromatic carbocycles. The fraction of sp³-hybridized carbons (Fsp3) is 0.500. The largest absolute Gasteiger partial charge is 0.501 e. The lowest BCUT2D eigenvalue weighted by atomic mass is 9.73. The van der Waals surface area contributed by atoms with Gasteiger partial charge in [0.15, 0.2) is 0 Å². The highest BCUT2D eigenvalue weighted by atomic mass is 35.5. The number of aliphatic hydroxyl groups is 1. The lowest BCUT2D eigenvalue weighted by Gasteiger charge is -2.39. The van der Waals surface area contributed by atoms with Crippen molar-refractivity contribution in [2.45, 2.75) is 170 Å². The number of hydrogen-bond donors (Lipinski definition) is 5. The number of alkyl halides is 3. The van der Waals surface area contributed by atoms with Gasteiger partial charge in [-0.2, -0.15) is 13.2 Å². The van der Waals surface area contributed by atoms with Gasteiger partial charge in [-0.15, -0.1) is 23.1 Å². The summed E-state index contributed by atoms with van der Waals surface area (Å²) in [6.45, 7) is 22.3.